The minimum Gasteiger partial charge on any atom is -0.480 e. The van der Waals surface area contributed by atoms with E-state index in [1.54, 1.807) is 0 Å². The van der Waals surface area contributed by atoms with Crippen LogP contribution in [0.25, 0.3) is 0 Å². The summed E-state index contributed by atoms with van der Waals surface area (Å²) < 4.78 is 4.66. The van der Waals surface area contributed by atoms with Crippen molar-refractivity contribution in [3.63, 3.8) is 0 Å². The second-order valence-electron chi connectivity index (χ2n) is 2.94. The summed E-state index contributed by atoms with van der Waals surface area (Å²) in [5.74, 6) is -1.47. The first-order valence-corrected chi connectivity index (χ1v) is 5.04. The molecule has 4 nitrogen and oxygen atoms in total. The molecular weight excluding hydrogens is 255 g/mol. The van der Waals surface area contributed by atoms with Crippen LogP contribution >= 0.6 is 23.2 Å². The maximum absolute atomic E-state index is 11.5. The Morgan fingerprint density at radius 2 is 1.88 bits per heavy atom. The number of ether oxygens (including phenoxy) is 1. The average Bonchev–Trinajstić information content (AvgIpc) is 2.21. The highest BCUT2D eigenvalue weighted by Crippen LogP contribution is 2.22. The standard InChI is InChI=1S/C10H8Cl2O4/c11-7-2-1-6(3-8(7)12)9(13)4-16-5-10(14)15/h1-3H,4-5H2,(H,14,15). The summed E-state index contributed by atoms with van der Waals surface area (Å²) in [4.78, 5) is 21.6. The number of aliphatic carboxylic acids is 1. The summed E-state index contributed by atoms with van der Waals surface area (Å²) in [5, 5.41) is 8.92. The van der Waals surface area contributed by atoms with Gasteiger partial charge < -0.3 is 9.84 Å². The zero-order valence-corrected chi connectivity index (χ0v) is 9.59. The first-order valence-electron chi connectivity index (χ1n) is 4.28. The minimum atomic E-state index is -1.12. The van der Waals surface area contributed by atoms with Crippen molar-refractivity contribution in [2.45, 2.75) is 0 Å². The smallest absolute Gasteiger partial charge is 0.329 e. The number of rotatable bonds is 5. The molecule has 0 saturated heterocycles. The second kappa shape index (κ2) is 5.84. The fourth-order valence-corrected chi connectivity index (χ4v) is 1.28. The fraction of sp³-hybridized carbons (Fsp3) is 0.200. The molecule has 1 aromatic rings. The molecule has 0 atom stereocenters. The molecular formula is C10H8Cl2O4. The predicted octanol–water partition coefficient (Wildman–Crippen LogP) is 2.28. The molecule has 86 valence electrons. The Labute approximate surface area is 102 Å². The molecule has 1 N–H and O–H groups in total. The van der Waals surface area contributed by atoms with Crippen molar-refractivity contribution in [2.75, 3.05) is 13.2 Å². The molecule has 0 radical (unpaired) electrons. The van der Waals surface area contributed by atoms with Crippen molar-refractivity contribution >= 4 is 35.0 Å². The van der Waals surface area contributed by atoms with Crippen molar-refractivity contribution in [3.05, 3.63) is 33.8 Å². The molecule has 16 heavy (non-hydrogen) atoms. The number of carbonyl (C=O) groups is 2. The third kappa shape index (κ3) is 3.81. The first kappa shape index (κ1) is 13.0. The van der Waals surface area contributed by atoms with Crippen molar-refractivity contribution in [2.24, 2.45) is 0 Å². The molecule has 0 aromatic heterocycles. The van der Waals surface area contributed by atoms with Gasteiger partial charge in [-0.15, -0.1) is 0 Å². The Morgan fingerprint density at radius 3 is 2.44 bits per heavy atom. The predicted molar refractivity (Wildman–Crippen MR) is 59.2 cm³/mol. The lowest BCUT2D eigenvalue weighted by molar-refractivity contribution is -0.141. The second-order valence-corrected chi connectivity index (χ2v) is 3.75. The van der Waals surface area contributed by atoms with E-state index in [-0.39, 0.29) is 17.4 Å². The van der Waals surface area contributed by atoms with Crippen LogP contribution < -0.4 is 0 Å². The lowest BCUT2D eigenvalue weighted by Crippen LogP contribution is -2.14. The highest BCUT2D eigenvalue weighted by Gasteiger charge is 2.09. The van der Waals surface area contributed by atoms with Gasteiger partial charge in [0.1, 0.15) is 13.2 Å². The summed E-state index contributed by atoms with van der Waals surface area (Å²) in [6.07, 6.45) is 0. The average molecular weight is 263 g/mol. The van der Waals surface area contributed by atoms with Gasteiger partial charge in [0.05, 0.1) is 10.0 Å². The number of ketones is 1. The third-order valence-corrected chi connectivity index (χ3v) is 2.44. The molecule has 0 aliphatic rings. The van der Waals surface area contributed by atoms with Gasteiger partial charge in [-0.2, -0.15) is 0 Å². The van der Waals surface area contributed by atoms with Gasteiger partial charge in [-0.1, -0.05) is 23.2 Å². The highest BCUT2D eigenvalue weighted by atomic mass is 35.5. The van der Waals surface area contributed by atoms with Crippen LogP contribution in [0.15, 0.2) is 18.2 Å². The van der Waals surface area contributed by atoms with E-state index in [1.165, 1.54) is 18.2 Å². The maximum atomic E-state index is 11.5. The Hall–Kier alpha value is -1.10. The van der Waals surface area contributed by atoms with E-state index < -0.39 is 12.6 Å². The summed E-state index contributed by atoms with van der Waals surface area (Å²) >= 11 is 11.4. The van der Waals surface area contributed by atoms with Crippen molar-refractivity contribution < 1.29 is 19.4 Å². The minimum absolute atomic E-state index is 0.269. The summed E-state index contributed by atoms with van der Waals surface area (Å²) in [5.41, 5.74) is 0.333. The van der Waals surface area contributed by atoms with Gasteiger partial charge in [-0.25, -0.2) is 4.79 Å². The summed E-state index contributed by atoms with van der Waals surface area (Å²) in [6, 6.07) is 4.41. The molecule has 0 amide bonds. The lowest BCUT2D eigenvalue weighted by Gasteiger charge is -2.02. The van der Waals surface area contributed by atoms with E-state index in [9.17, 15) is 9.59 Å². The normalized spacial score (nSPS) is 10.1. The van der Waals surface area contributed by atoms with E-state index in [2.05, 4.69) is 4.74 Å². The van der Waals surface area contributed by atoms with Gasteiger partial charge in [0.15, 0.2) is 5.78 Å². The Morgan fingerprint density at radius 1 is 1.19 bits per heavy atom. The van der Waals surface area contributed by atoms with Crippen molar-refractivity contribution in [3.8, 4) is 0 Å². The number of Topliss-reactive ketones (excluding diaryl/α,β-unsaturated/α-hetero) is 1. The maximum Gasteiger partial charge on any atom is 0.329 e. The van der Waals surface area contributed by atoms with E-state index in [1.807, 2.05) is 0 Å². The van der Waals surface area contributed by atoms with Gasteiger partial charge in [-0.3, -0.25) is 4.79 Å². The number of hydrogen-bond acceptors (Lipinski definition) is 3. The van der Waals surface area contributed by atoms with Crippen LogP contribution in [0, 0.1) is 0 Å². The van der Waals surface area contributed by atoms with Crippen molar-refractivity contribution in [1.29, 1.82) is 0 Å². The van der Waals surface area contributed by atoms with Crippen LogP contribution in [0.2, 0.25) is 10.0 Å². The summed E-state index contributed by atoms with van der Waals surface area (Å²) in [6.45, 7) is -0.808. The molecule has 1 rings (SSSR count). The number of hydrogen-bond donors (Lipinski definition) is 1. The highest BCUT2D eigenvalue weighted by molar-refractivity contribution is 6.42. The Balaban J connectivity index is 2.59. The number of halogens is 2. The van der Waals surface area contributed by atoms with Gasteiger partial charge in [-0.05, 0) is 18.2 Å². The fourth-order valence-electron chi connectivity index (χ4n) is 0.984. The van der Waals surface area contributed by atoms with Gasteiger partial charge in [0, 0.05) is 5.56 Å². The van der Waals surface area contributed by atoms with Crippen LogP contribution in [0.3, 0.4) is 0 Å². The van der Waals surface area contributed by atoms with Gasteiger partial charge in [0.25, 0.3) is 0 Å². The van der Waals surface area contributed by atoms with Gasteiger partial charge >= 0.3 is 5.97 Å². The lowest BCUT2D eigenvalue weighted by atomic mass is 10.1. The molecule has 0 saturated carbocycles. The van der Waals surface area contributed by atoms with Crippen LogP contribution in [-0.2, 0) is 9.53 Å². The molecule has 0 aliphatic carbocycles. The molecule has 0 bridgehead atoms. The molecule has 6 heteroatoms. The molecule has 0 spiro atoms. The Kier molecular flexibility index (Phi) is 4.73. The SMILES string of the molecule is O=C(O)COCC(=O)c1ccc(Cl)c(Cl)c1. The Bertz CT molecular complexity index is 417. The van der Waals surface area contributed by atoms with E-state index in [0.29, 0.717) is 10.6 Å². The summed E-state index contributed by atoms with van der Waals surface area (Å²) in [7, 11) is 0. The quantitative estimate of drug-likeness (QED) is 0.827. The third-order valence-electron chi connectivity index (χ3n) is 1.70. The first-order chi connectivity index (χ1) is 7.50. The topological polar surface area (TPSA) is 63.6 Å². The van der Waals surface area contributed by atoms with E-state index >= 15 is 0 Å². The molecule has 0 fully saturated rings. The zero-order chi connectivity index (χ0) is 12.1. The van der Waals surface area contributed by atoms with Crippen LogP contribution in [0.5, 0.6) is 0 Å². The molecule has 1 aromatic carbocycles. The van der Waals surface area contributed by atoms with Crippen LogP contribution in [0.1, 0.15) is 10.4 Å². The monoisotopic (exact) mass is 262 g/mol. The van der Waals surface area contributed by atoms with E-state index in [0.717, 1.165) is 0 Å². The molecule has 0 unspecified atom stereocenters. The number of carboxylic acid groups (broad SMARTS) is 1. The zero-order valence-electron chi connectivity index (χ0n) is 8.07. The number of benzene rings is 1. The van der Waals surface area contributed by atoms with Crippen LogP contribution in [0.4, 0.5) is 0 Å². The number of carbonyl (C=O) groups excluding carboxylic acids is 1. The van der Waals surface area contributed by atoms with Crippen LogP contribution in [-0.4, -0.2) is 30.1 Å². The molecule has 0 heterocycles. The number of carboxylic acids is 1. The van der Waals surface area contributed by atoms with Gasteiger partial charge in [0.2, 0.25) is 0 Å². The largest absolute Gasteiger partial charge is 0.480 e. The molecule has 0 aliphatic heterocycles. The van der Waals surface area contributed by atoms with E-state index in [4.69, 9.17) is 28.3 Å². The van der Waals surface area contributed by atoms with Crippen molar-refractivity contribution in [1.82, 2.24) is 0 Å².